The van der Waals surface area contributed by atoms with Gasteiger partial charge in [0.2, 0.25) is 0 Å². The number of rotatable bonds is 6. The van der Waals surface area contributed by atoms with Gasteiger partial charge in [-0.05, 0) is 115 Å². The van der Waals surface area contributed by atoms with Crippen molar-refractivity contribution in [1.29, 1.82) is 0 Å². The highest BCUT2D eigenvalue weighted by Gasteiger charge is 2.37. The number of anilines is 3. The summed E-state index contributed by atoms with van der Waals surface area (Å²) in [7, 11) is 0. The first-order chi connectivity index (χ1) is 28.0. The molecule has 0 amide bonds. The van der Waals surface area contributed by atoms with Gasteiger partial charge in [-0.2, -0.15) is 0 Å². The Morgan fingerprint density at radius 2 is 0.982 bits per heavy atom. The van der Waals surface area contributed by atoms with E-state index < -0.39 is 0 Å². The van der Waals surface area contributed by atoms with E-state index in [1.54, 1.807) is 0 Å². The van der Waals surface area contributed by atoms with Crippen molar-refractivity contribution in [3.8, 4) is 44.5 Å². The molecule has 11 rings (SSSR count). The molecular weight excluding hydrogens is 691 g/mol. The van der Waals surface area contributed by atoms with Crippen molar-refractivity contribution in [2.45, 2.75) is 19.3 Å². The molecule has 1 heterocycles. The van der Waals surface area contributed by atoms with E-state index >= 15 is 0 Å². The van der Waals surface area contributed by atoms with Gasteiger partial charge in [-0.3, -0.25) is 0 Å². The summed E-state index contributed by atoms with van der Waals surface area (Å²) < 4.78 is 6.23. The smallest absolute Gasteiger partial charge is 0.135 e. The first-order valence-electron chi connectivity index (χ1n) is 19.8. The van der Waals surface area contributed by atoms with Crippen molar-refractivity contribution in [3.63, 3.8) is 0 Å². The van der Waals surface area contributed by atoms with Gasteiger partial charge < -0.3 is 9.32 Å². The molecule has 1 aliphatic carbocycles. The Hall–Kier alpha value is -7.16. The van der Waals surface area contributed by atoms with Crippen LogP contribution in [0, 0.1) is 0 Å². The number of benzene rings is 9. The van der Waals surface area contributed by atoms with Crippen molar-refractivity contribution in [3.05, 3.63) is 211 Å². The number of hydrogen-bond acceptors (Lipinski definition) is 2. The number of nitrogens with zero attached hydrogens (tertiary/aromatic N) is 1. The molecule has 0 saturated carbocycles. The largest absolute Gasteiger partial charge is 0.456 e. The molecule has 0 aliphatic heterocycles. The van der Waals surface area contributed by atoms with Crippen LogP contribution in [0.1, 0.15) is 25.0 Å². The minimum absolute atomic E-state index is 0.0969. The lowest BCUT2D eigenvalue weighted by Gasteiger charge is -2.28. The van der Waals surface area contributed by atoms with Gasteiger partial charge in [-0.15, -0.1) is 0 Å². The van der Waals surface area contributed by atoms with Crippen molar-refractivity contribution in [2.75, 3.05) is 4.90 Å². The lowest BCUT2D eigenvalue weighted by molar-refractivity contribution is 0.662. The molecule has 270 valence electrons. The van der Waals surface area contributed by atoms with Crippen LogP contribution in [0.3, 0.4) is 0 Å². The minimum Gasteiger partial charge on any atom is -0.456 e. The fourth-order valence-corrected chi connectivity index (χ4v) is 9.28. The molecule has 0 radical (unpaired) electrons. The molecule has 9 aromatic carbocycles. The maximum absolute atomic E-state index is 6.23. The van der Waals surface area contributed by atoms with Gasteiger partial charge in [0.05, 0.1) is 5.69 Å². The lowest BCUT2D eigenvalue weighted by atomic mass is 9.79. The van der Waals surface area contributed by atoms with E-state index in [1.165, 1.54) is 55.3 Å². The first kappa shape index (κ1) is 33.2. The second kappa shape index (κ2) is 13.0. The number of fused-ring (bicyclic) bond motifs is 7. The van der Waals surface area contributed by atoms with Gasteiger partial charge in [-0.25, -0.2) is 0 Å². The van der Waals surface area contributed by atoms with Gasteiger partial charge in [0, 0.05) is 33.1 Å². The van der Waals surface area contributed by atoms with Crippen molar-refractivity contribution >= 4 is 49.8 Å². The normalized spacial score (nSPS) is 12.9. The Labute approximate surface area is 332 Å². The minimum atomic E-state index is -0.0969. The average molecular weight is 730 g/mol. The van der Waals surface area contributed by atoms with Crippen LogP contribution in [0.15, 0.2) is 205 Å². The van der Waals surface area contributed by atoms with Crippen LogP contribution < -0.4 is 4.90 Å². The van der Waals surface area contributed by atoms with Crippen LogP contribution >= 0.6 is 0 Å². The second-order valence-electron chi connectivity index (χ2n) is 15.7. The van der Waals surface area contributed by atoms with E-state index in [9.17, 15) is 0 Å². The fraction of sp³-hybridized carbons (Fsp3) is 0.0545. The monoisotopic (exact) mass is 729 g/mol. The van der Waals surface area contributed by atoms with Crippen LogP contribution in [-0.4, -0.2) is 0 Å². The van der Waals surface area contributed by atoms with Crippen LogP contribution in [0.25, 0.3) is 77.2 Å². The van der Waals surface area contributed by atoms with Gasteiger partial charge in [-0.1, -0.05) is 159 Å². The molecule has 0 fully saturated rings. The van der Waals surface area contributed by atoms with E-state index in [4.69, 9.17) is 4.42 Å². The summed E-state index contributed by atoms with van der Waals surface area (Å²) in [5, 5.41) is 4.74. The van der Waals surface area contributed by atoms with Crippen molar-refractivity contribution in [2.24, 2.45) is 0 Å². The molecule has 1 aliphatic rings. The Balaban J connectivity index is 1.04. The Kier molecular flexibility index (Phi) is 7.55. The highest BCUT2D eigenvalue weighted by Crippen LogP contribution is 2.52. The SMILES string of the molecule is CC1(C)c2ccccc2-c2cccc(-c3ccc(N(c4ccc(-c5ccc6ccccc6c5)cc4)c4ccccc4-c4ccc5oc6ccccc6c5c4)cc3)c21. The zero-order valence-corrected chi connectivity index (χ0v) is 31.9. The van der Waals surface area contributed by atoms with Crippen LogP contribution in [0.5, 0.6) is 0 Å². The van der Waals surface area contributed by atoms with Gasteiger partial charge in [0.1, 0.15) is 11.2 Å². The molecule has 0 spiro atoms. The second-order valence-corrected chi connectivity index (χ2v) is 15.7. The fourth-order valence-electron chi connectivity index (χ4n) is 9.28. The van der Waals surface area contributed by atoms with Gasteiger partial charge in [0.15, 0.2) is 0 Å². The van der Waals surface area contributed by atoms with Crippen LogP contribution in [0.4, 0.5) is 17.1 Å². The van der Waals surface area contributed by atoms with Gasteiger partial charge in [0.25, 0.3) is 0 Å². The van der Waals surface area contributed by atoms with E-state index in [-0.39, 0.29) is 5.41 Å². The highest BCUT2D eigenvalue weighted by atomic mass is 16.3. The maximum atomic E-state index is 6.23. The summed E-state index contributed by atoms with van der Waals surface area (Å²) in [6, 6.07) is 72.7. The van der Waals surface area contributed by atoms with E-state index in [2.05, 4.69) is 207 Å². The van der Waals surface area contributed by atoms with Crippen molar-refractivity contribution in [1.82, 2.24) is 0 Å². The number of hydrogen-bond donors (Lipinski definition) is 0. The molecule has 0 N–H and O–H groups in total. The third kappa shape index (κ3) is 5.40. The molecule has 0 bridgehead atoms. The molecule has 57 heavy (non-hydrogen) atoms. The predicted molar refractivity (Wildman–Crippen MR) is 240 cm³/mol. The molecule has 0 atom stereocenters. The lowest BCUT2D eigenvalue weighted by Crippen LogP contribution is -2.16. The van der Waals surface area contributed by atoms with Crippen LogP contribution in [-0.2, 0) is 5.41 Å². The maximum Gasteiger partial charge on any atom is 0.135 e. The topological polar surface area (TPSA) is 16.4 Å². The molecule has 2 nitrogen and oxygen atoms in total. The average Bonchev–Trinajstić information content (AvgIpc) is 3.76. The predicted octanol–water partition coefficient (Wildman–Crippen LogP) is 15.5. The highest BCUT2D eigenvalue weighted by molar-refractivity contribution is 6.07. The van der Waals surface area contributed by atoms with E-state index in [1.807, 2.05) is 12.1 Å². The quantitative estimate of drug-likeness (QED) is 0.169. The summed E-state index contributed by atoms with van der Waals surface area (Å²) in [4.78, 5) is 2.40. The Morgan fingerprint density at radius 1 is 0.386 bits per heavy atom. The standard InChI is InChI=1S/C55H39NO/c1-55(2)50-19-8-5-15-46(50)48-18-11-17-45(54(48)55)38-26-31-43(32-27-38)56(42-29-24-37(25-30-42)40-23-22-36-12-3-4-13-39(36)34-40)51-20-9-6-14-44(51)41-28-33-53-49(35-41)47-16-7-10-21-52(47)57-53/h3-35H,1-2H3. The third-order valence-electron chi connectivity index (χ3n) is 12.1. The van der Waals surface area contributed by atoms with Crippen molar-refractivity contribution < 1.29 is 4.42 Å². The zero-order chi connectivity index (χ0) is 38.1. The van der Waals surface area contributed by atoms with Crippen LogP contribution in [0.2, 0.25) is 0 Å². The Morgan fingerprint density at radius 3 is 1.81 bits per heavy atom. The number of para-hydroxylation sites is 2. The van der Waals surface area contributed by atoms with E-state index in [0.29, 0.717) is 0 Å². The first-order valence-corrected chi connectivity index (χ1v) is 19.8. The summed E-state index contributed by atoms with van der Waals surface area (Å²) in [5.74, 6) is 0. The summed E-state index contributed by atoms with van der Waals surface area (Å²) >= 11 is 0. The van der Waals surface area contributed by atoms with Gasteiger partial charge >= 0.3 is 0 Å². The molecule has 2 heteroatoms. The zero-order valence-electron chi connectivity index (χ0n) is 31.9. The third-order valence-corrected chi connectivity index (χ3v) is 12.1. The molecule has 0 saturated heterocycles. The number of furan rings is 1. The summed E-state index contributed by atoms with van der Waals surface area (Å²) in [5.41, 5.74) is 17.6. The molecule has 0 unspecified atom stereocenters. The van der Waals surface area contributed by atoms with E-state index in [0.717, 1.165) is 50.1 Å². The molecule has 1 aromatic heterocycles. The Bertz CT molecular complexity index is 3150. The summed E-state index contributed by atoms with van der Waals surface area (Å²) in [6.07, 6.45) is 0. The molecule has 10 aromatic rings. The summed E-state index contributed by atoms with van der Waals surface area (Å²) in [6.45, 7) is 4.72. The molecular formula is C55H39NO.